The topological polar surface area (TPSA) is 62.0 Å². The first-order valence-electron chi connectivity index (χ1n) is 9.23. The summed E-state index contributed by atoms with van der Waals surface area (Å²) in [6, 6.07) is 3.93. The first kappa shape index (κ1) is 18.8. The van der Waals surface area contributed by atoms with Crippen LogP contribution in [0.15, 0.2) is 27.8 Å². The van der Waals surface area contributed by atoms with Gasteiger partial charge in [0.05, 0.1) is 19.5 Å². The molecule has 1 aliphatic rings. The van der Waals surface area contributed by atoms with Gasteiger partial charge >= 0.3 is 0 Å². The van der Waals surface area contributed by atoms with Crippen LogP contribution in [0.1, 0.15) is 31.9 Å². The highest BCUT2D eigenvalue weighted by molar-refractivity contribution is 5.79. The molecular formula is C18H32N4O2. The van der Waals surface area contributed by atoms with Crippen LogP contribution in [0.5, 0.6) is 0 Å². The molecule has 1 aromatic rings. The number of hydrogen-bond acceptors (Lipinski definition) is 4. The predicted octanol–water partition coefficient (Wildman–Crippen LogP) is 1.88. The molecule has 0 amide bonds. The maximum atomic E-state index is 5.38. The first-order chi connectivity index (χ1) is 11.9. The standard InChI is InChI=1S/C18H32N4O2/c1-2-3-4-8-19-18(20-9-7-17-6-5-14-24-17)21-10-11-22-12-15-23-16-13-22/h5-6,14H,2-4,7-13,15-16H2,1H3,(H2,19,20,21). The zero-order valence-corrected chi connectivity index (χ0v) is 14.9. The number of nitrogens with one attached hydrogen (secondary N) is 2. The van der Waals surface area contributed by atoms with Crippen LogP contribution < -0.4 is 10.6 Å². The molecule has 0 aromatic carbocycles. The summed E-state index contributed by atoms with van der Waals surface area (Å²) in [6.07, 6.45) is 6.19. The molecule has 0 aliphatic carbocycles. The summed E-state index contributed by atoms with van der Waals surface area (Å²) in [5.74, 6) is 1.91. The molecular weight excluding hydrogens is 304 g/mol. The Morgan fingerprint density at radius 1 is 1.21 bits per heavy atom. The highest BCUT2D eigenvalue weighted by Crippen LogP contribution is 1.99. The van der Waals surface area contributed by atoms with Gasteiger partial charge in [-0.25, -0.2) is 0 Å². The summed E-state index contributed by atoms with van der Waals surface area (Å²) < 4.78 is 10.8. The zero-order valence-electron chi connectivity index (χ0n) is 14.9. The van der Waals surface area contributed by atoms with Gasteiger partial charge < -0.3 is 19.8 Å². The third-order valence-corrected chi connectivity index (χ3v) is 4.10. The Bertz CT molecular complexity index is 442. The molecule has 1 fully saturated rings. The molecule has 6 heteroatoms. The third kappa shape index (κ3) is 7.84. The lowest BCUT2D eigenvalue weighted by Gasteiger charge is -2.26. The van der Waals surface area contributed by atoms with Crippen molar-refractivity contribution >= 4 is 5.96 Å². The van der Waals surface area contributed by atoms with Gasteiger partial charge in [-0.3, -0.25) is 9.89 Å². The SMILES string of the molecule is CCCCCN=C(NCCc1ccco1)NCCN1CCOCC1. The molecule has 2 heterocycles. The van der Waals surface area contributed by atoms with Crippen molar-refractivity contribution in [1.29, 1.82) is 0 Å². The summed E-state index contributed by atoms with van der Waals surface area (Å²) in [6.45, 7) is 9.59. The summed E-state index contributed by atoms with van der Waals surface area (Å²) in [7, 11) is 0. The molecule has 0 saturated carbocycles. The van der Waals surface area contributed by atoms with Gasteiger partial charge in [0, 0.05) is 45.7 Å². The molecule has 0 atom stereocenters. The van der Waals surface area contributed by atoms with Crippen molar-refractivity contribution in [3.63, 3.8) is 0 Å². The van der Waals surface area contributed by atoms with Crippen molar-refractivity contribution in [3.05, 3.63) is 24.2 Å². The van der Waals surface area contributed by atoms with Crippen LogP contribution in [-0.2, 0) is 11.2 Å². The van der Waals surface area contributed by atoms with Gasteiger partial charge in [-0.1, -0.05) is 19.8 Å². The van der Waals surface area contributed by atoms with E-state index in [1.165, 1.54) is 12.8 Å². The predicted molar refractivity (Wildman–Crippen MR) is 97.5 cm³/mol. The molecule has 0 bridgehead atoms. The third-order valence-electron chi connectivity index (χ3n) is 4.10. The van der Waals surface area contributed by atoms with Crippen LogP contribution >= 0.6 is 0 Å². The Morgan fingerprint density at radius 3 is 2.79 bits per heavy atom. The molecule has 0 radical (unpaired) electrons. The Morgan fingerprint density at radius 2 is 2.04 bits per heavy atom. The Kier molecular flexibility index (Phi) is 9.34. The lowest BCUT2D eigenvalue weighted by Crippen LogP contribution is -2.44. The number of hydrogen-bond donors (Lipinski definition) is 2. The van der Waals surface area contributed by atoms with Crippen LogP contribution in [0.25, 0.3) is 0 Å². The number of ether oxygens (including phenoxy) is 1. The van der Waals surface area contributed by atoms with Crippen molar-refractivity contribution < 1.29 is 9.15 Å². The number of unbranched alkanes of at least 4 members (excludes halogenated alkanes) is 2. The van der Waals surface area contributed by atoms with Crippen molar-refractivity contribution in [1.82, 2.24) is 15.5 Å². The Labute approximate surface area is 145 Å². The van der Waals surface area contributed by atoms with E-state index in [4.69, 9.17) is 9.15 Å². The fourth-order valence-electron chi connectivity index (χ4n) is 2.64. The highest BCUT2D eigenvalue weighted by Gasteiger charge is 2.09. The minimum atomic E-state index is 0.824. The average Bonchev–Trinajstić information content (AvgIpc) is 3.12. The van der Waals surface area contributed by atoms with Crippen molar-refractivity contribution in [2.24, 2.45) is 4.99 Å². The maximum absolute atomic E-state index is 5.38. The van der Waals surface area contributed by atoms with E-state index in [0.717, 1.165) is 77.0 Å². The Balaban J connectivity index is 1.69. The van der Waals surface area contributed by atoms with Gasteiger partial charge in [0.1, 0.15) is 5.76 Å². The van der Waals surface area contributed by atoms with Gasteiger partial charge in [0.2, 0.25) is 0 Å². The van der Waals surface area contributed by atoms with E-state index in [-0.39, 0.29) is 0 Å². The molecule has 0 unspecified atom stereocenters. The number of morpholine rings is 1. The second-order valence-electron chi connectivity index (χ2n) is 6.07. The van der Waals surface area contributed by atoms with Crippen molar-refractivity contribution in [2.45, 2.75) is 32.6 Å². The average molecular weight is 336 g/mol. The lowest BCUT2D eigenvalue weighted by molar-refractivity contribution is 0.0389. The first-order valence-corrected chi connectivity index (χ1v) is 9.23. The van der Waals surface area contributed by atoms with Gasteiger partial charge in [-0.05, 0) is 18.6 Å². The van der Waals surface area contributed by atoms with Crippen molar-refractivity contribution in [2.75, 3.05) is 52.5 Å². The van der Waals surface area contributed by atoms with E-state index in [1.807, 2.05) is 12.1 Å². The van der Waals surface area contributed by atoms with E-state index in [2.05, 4.69) is 27.4 Å². The van der Waals surface area contributed by atoms with Crippen LogP contribution in [-0.4, -0.2) is 63.3 Å². The van der Waals surface area contributed by atoms with Crippen LogP contribution in [0.2, 0.25) is 0 Å². The second kappa shape index (κ2) is 11.9. The van der Waals surface area contributed by atoms with Gasteiger partial charge in [-0.2, -0.15) is 0 Å². The minimum absolute atomic E-state index is 0.824. The summed E-state index contributed by atoms with van der Waals surface area (Å²) >= 11 is 0. The molecule has 1 aliphatic heterocycles. The molecule has 136 valence electrons. The van der Waals surface area contributed by atoms with Crippen LogP contribution in [0.4, 0.5) is 0 Å². The summed E-state index contributed by atoms with van der Waals surface area (Å²) in [5.41, 5.74) is 0. The quantitative estimate of drug-likeness (QED) is 0.388. The second-order valence-corrected chi connectivity index (χ2v) is 6.07. The van der Waals surface area contributed by atoms with Gasteiger partial charge in [0.15, 0.2) is 5.96 Å². The van der Waals surface area contributed by atoms with E-state index < -0.39 is 0 Å². The van der Waals surface area contributed by atoms with E-state index in [9.17, 15) is 0 Å². The van der Waals surface area contributed by atoms with E-state index in [0.29, 0.717) is 0 Å². The van der Waals surface area contributed by atoms with E-state index >= 15 is 0 Å². The largest absolute Gasteiger partial charge is 0.469 e. The minimum Gasteiger partial charge on any atom is -0.469 e. The number of guanidine groups is 1. The fourth-order valence-corrected chi connectivity index (χ4v) is 2.64. The van der Waals surface area contributed by atoms with Crippen molar-refractivity contribution in [3.8, 4) is 0 Å². The molecule has 24 heavy (non-hydrogen) atoms. The van der Waals surface area contributed by atoms with E-state index in [1.54, 1.807) is 6.26 Å². The summed E-state index contributed by atoms with van der Waals surface area (Å²) in [5, 5.41) is 6.86. The molecule has 2 N–H and O–H groups in total. The molecule has 2 rings (SSSR count). The van der Waals surface area contributed by atoms with Gasteiger partial charge in [-0.15, -0.1) is 0 Å². The highest BCUT2D eigenvalue weighted by atomic mass is 16.5. The molecule has 0 spiro atoms. The maximum Gasteiger partial charge on any atom is 0.191 e. The van der Waals surface area contributed by atoms with Crippen LogP contribution in [0.3, 0.4) is 0 Å². The monoisotopic (exact) mass is 336 g/mol. The molecule has 1 saturated heterocycles. The van der Waals surface area contributed by atoms with Gasteiger partial charge in [0.25, 0.3) is 0 Å². The Hall–Kier alpha value is -1.53. The normalized spacial score (nSPS) is 16.3. The number of rotatable bonds is 10. The molecule has 6 nitrogen and oxygen atoms in total. The lowest BCUT2D eigenvalue weighted by atomic mass is 10.2. The number of aliphatic imine (C=N–C) groups is 1. The smallest absolute Gasteiger partial charge is 0.191 e. The number of furan rings is 1. The van der Waals surface area contributed by atoms with Crippen LogP contribution in [0, 0.1) is 0 Å². The summed E-state index contributed by atoms with van der Waals surface area (Å²) in [4.78, 5) is 7.11. The zero-order chi connectivity index (χ0) is 16.9. The molecule has 1 aromatic heterocycles. The fraction of sp³-hybridized carbons (Fsp3) is 0.722. The number of nitrogens with zero attached hydrogens (tertiary/aromatic N) is 2.